The summed E-state index contributed by atoms with van der Waals surface area (Å²) in [4.78, 5) is 2.59. The highest BCUT2D eigenvalue weighted by atomic mass is 16.5. The Kier molecular flexibility index (Phi) is 4.83. The Morgan fingerprint density at radius 2 is 2.06 bits per heavy atom. The summed E-state index contributed by atoms with van der Waals surface area (Å²) in [7, 11) is 0. The fourth-order valence-electron chi connectivity index (χ4n) is 3.12. The van der Waals surface area contributed by atoms with Crippen molar-refractivity contribution in [2.45, 2.75) is 57.6 Å². The van der Waals surface area contributed by atoms with Gasteiger partial charge in [0.2, 0.25) is 0 Å². The fourth-order valence-corrected chi connectivity index (χ4v) is 3.12. The Morgan fingerprint density at radius 1 is 1.24 bits per heavy atom. The van der Waals surface area contributed by atoms with E-state index < -0.39 is 0 Å². The molecule has 0 aromatic rings. The maximum Gasteiger partial charge on any atom is 0.0809 e. The minimum atomic E-state index is 0.217. The lowest BCUT2D eigenvalue weighted by Gasteiger charge is -2.45. The van der Waals surface area contributed by atoms with E-state index in [9.17, 15) is 0 Å². The zero-order valence-corrected chi connectivity index (χ0v) is 11.5. The number of likely N-dealkylation sites (tertiary alicyclic amines) is 1. The minimum Gasteiger partial charge on any atom is -0.374 e. The van der Waals surface area contributed by atoms with Crippen LogP contribution >= 0.6 is 0 Å². The van der Waals surface area contributed by atoms with Crippen molar-refractivity contribution in [1.82, 2.24) is 10.2 Å². The molecule has 0 aliphatic carbocycles. The summed E-state index contributed by atoms with van der Waals surface area (Å²) in [5.74, 6) is 0. The number of hydrogen-bond acceptors (Lipinski definition) is 3. The van der Waals surface area contributed by atoms with E-state index in [2.05, 4.69) is 24.1 Å². The van der Waals surface area contributed by atoms with Crippen LogP contribution in [0, 0.1) is 0 Å². The van der Waals surface area contributed by atoms with Crippen molar-refractivity contribution >= 4 is 0 Å². The molecule has 2 rings (SSSR count). The first-order valence-electron chi connectivity index (χ1n) is 7.30. The number of nitrogens with one attached hydrogen (secondary N) is 1. The summed E-state index contributed by atoms with van der Waals surface area (Å²) < 4.78 is 6.10. The van der Waals surface area contributed by atoms with Crippen LogP contribution in [0.5, 0.6) is 0 Å². The van der Waals surface area contributed by atoms with Crippen LogP contribution in [0.25, 0.3) is 0 Å². The number of piperidine rings is 1. The Morgan fingerprint density at radius 3 is 2.76 bits per heavy atom. The van der Waals surface area contributed by atoms with E-state index in [1.54, 1.807) is 0 Å². The maximum absolute atomic E-state index is 6.10. The molecule has 2 heterocycles. The second kappa shape index (κ2) is 6.17. The Hall–Kier alpha value is -0.120. The Bertz CT molecular complexity index is 219. The highest BCUT2D eigenvalue weighted by Crippen LogP contribution is 2.33. The van der Waals surface area contributed by atoms with Gasteiger partial charge < -0.3 is 10.1 Å². The number of nitrogens with zero attached hydrogens (tertiary/aromatic N) is 1. The molecule has 1 unspecified atom stereocenters. The van der Waals surface area contributed by atoms with Gasteiger partial charge in [-0.05, 0) is 38.6 Å². The zero-order chi connectivity index (χ0) is 12.1. The summed E-state index contributed by atoms with van der Waals surface area (Å²) >= 11 is 0. The molecule has 2 aliphatic heterocycles. The molecule has 1 atom stereocenters. The molecule has 0 saturated carbocycles. The third-order valence-electron chi connectivity index (χ3n) is 4.03. The van der Waals surface area contributed by atoms with E-state index in [-0.39, 0.29) is 5.60 Å². The van der Waals surface area contributed by atoms with Crippen LogP contribution in [0.15, 0.2) is 0 Å². The lowest BCUT2D eigenvalue weighted by Crippen LogP contribution is -2.52. The van der Waals surface area contributed by atoms with Crippen LogP contribution in [-0.2, 0) is 4.74 Å². The lowest BCUT2D eigenvalue weighted by molar-refractivity contribution is -0.116. The quantitative estimate of drug-likeness (QED) is 0.813. The molecule has 1 spiro atoms. The van der Waals surface area contributed by atoms with Gasteiger partial charge in [-0.3, -0.25) is 4.90 Å². The number of hydrogen-bond donors (Lipinski definition) is 1. The third kappa shape index (κ3) is 3.94. The molecular weight excluding hydrogens is 212 g/mol. The molecule has 0 aromatic heterocycles. The lowest BCUT2D eigenvalue weighted by atomic mass is 9.86. The maximum atomic E-state index is 6.10. The molecule has 3 heteroatoms. The SMILES string of the molecule is CC(C)NCCN1CCCC2(CCCCO2)C1. The molecular formula is C14H28N2O. The molecule has 3 nitrogen and oxygen atoms in total. The van der Waals surface area contributed by atoms with Gasteiger partial charge in [0, 0.05) is 32.3 Å². The first kappa shape index (κ1) is 13.3. The smallest absolute Gasteiger partial charge is 0.0809 e. The first-order valence-corrected chi connectivity index (χ1v) is 7.30. The van der Waals surface area contributed by atoms with E-state index in [1.807, 2.05) is 0 Å². The molecule has 0 amide bonds. The Labute approximate surface area is 106 Å². The van der Waals surface area contributed by atoms with Crippen molar-refractivity contribution in [2.24, 2.45) is 0 Å². The minimum absolute atomic E-state index is 0.217. The van der Waals surface area contributed by atoms with Gasteiger partial charge in [0.05, 0.1) is 5.60 Å². The molecule has 2 saturated heterocycles. The second-order valence-electron chi connectivity index (χ2n) is 5.98. The van der Waals surface area contributed by atoms with E-state index in [0.717, 1.165) is 19.7 Å². The highest BCUT2D eigenvalue weighted by Gasteiger charge is 2.37. The van der Waals surface area contributed by atoms with Crippen LogP contribution in [0.1, 0.15) is 46.0 Å². The van der Waals surface area contributed by atoms with Crippen molar-refractivity contribution in [3.63, 3.8) is 0 Å². The van der Waals surface area contributed by atoms with Crippen LogP contribution in [0.4, 0.5) is 0 Å². The van der Waals surface area contributed by atoms with E-state index in [1.165, 1.54) is 45.2 Å². The normalized spacial score (nSPS) is 31.2. The fraction of sp³-hybridized carbons (Fsp3) is 1.00. The second-order valence-corrected chi connectivity index (χ2v) is 5.98. The summed E-state index contributed by atoms with van der Waals surface area (Å²) in [6.45, 7) is 10.1. The van der Waals surface area contributed by atoms with Crippen LogP contribution in [0.2, 0.25) is 0 Å². The van der Waals surface area contributed by atoms with Crippen molar-refractivity contribution in [2.75, 3.05) is 32.8 Å². The third-order valence-corrected chi connectivity index (χ3v) is 4.03. The van der Waals surface area contributed by atoms with Gasteiger partial charge in [-0.15, -0.1) is 0 Å². The monoisotopic (exact) mass is 240 g/mol. The summed E-state index contributed by atoms with van der Waals surface area (Å²) in [6.07, 6.45) is 6.48. The molecule has 0 bridgehead atoms. The average Bonchev–Trinajstić information content (AvgIpc) is 2.29. The molecule has 100 valence electrons. The molecule has 0 aromatic carbocycles. The van der Waals surface area contributed by atoms with Crippen molar-refractivity contribution in [3.05, 3.63) is 0 Å². The van der Waals surface area contributed by atoms with Crippen molar-refractivity contribution in [1.29, 1.82) is 0 Å². The average molecular weight is 240 g/mol. The van der Waals surface area contributed by atoms with Gasteiger partial charge in [0.15, 0.2) is 0 Å². The topological polar surface area (TPSA) is 24.5 Å². The summed E-state index contributed by atoms with van der Waals surface area (Å²) in [5.41, 5.74) is 0.217. The highest BCUT2D eigenvalue weighted by molar-refractivity contribution is 4.90. The number of ether oxygens (including phenoxy) is 1. The van der Waals surface area contributed by atoms with Gasteiger partial charge in [0.25, 0.3) is 0 Å². The molecule has 2 aliphatic rings. The van der Waals surface area contributed by atoms with Gasteiger partial charge >= 0.3 is 0 Å². The molecule has 0 radical (unpaired) electrons. The summed E-state index contributed by atoms with van der Waals surface area (Å²) in [5, 5.41) is 3.50. The van der Waals surface area contributed by atoms with Crippen molar-refractivity contribution < 1.29 is 4.74 Å². The number of rotatable bonds is 4. The predicted octanol–water partition coefficient (Wildman–Crippen LogP) is 2.02. The van der Waals surface area contributed by atoms with Gasteiger partial charge in [0.1, 0.15) is 0 Å². The molecule has 17 heavy (non-hydrogen) atoms. The van der Waals surface area contributed by atoms with Crippen LogP contribution < -0.4 is 5.32 Å². The standard InChI is InChI=1S/C14H28N2O/c1-13(2)15-8-10-16-9-5-7-14(12-16)6-3-4-11-17-14/h13,15H,3-12H2,1-2H3. The van der Waals surface area contributed by atoms with Crippen LogP contribution in [-0.4, -0.2) is 49.3 Å². The van der Waals surface area contributed by atoms with Gasteiger partial charge in [-0.25, -0.2) is 0 Å². The zero-order valence-electron chi connectivity index (χ0n) is 11.5. The molecule has 1 N–H and O–H groups in total. The first-order chi connectivity index (χ1) is 8.20. The van der Waals surface area contributed by atoms with Crippen molar-refractivity contribution in [3.8, 4) is 0 Å². The van der Waals surface area contributed by atoms with Crippen LogP contribution in [0.3, 0.4) is 0 Å². The van der Waals surface area contributed by atoms with E-state index >= 15 is 0 Å². The summed E-state index contributed by atoms with van der Waals surface area (Å²) in [6, 6.07) is 0.597. The molecule has 2 fully saturated rings. The Balaban J connectivity index is 1.76. The van der Waals surface area contributed by atoms with Gasteiger partial charge in [-0.1, -0.05) is 13.8 Å². The van der Waals surface area contributed by atoms with E-state index in [4.69, 9.17) is 4.74 Å². The van der Waals surface area contributed by atoms with Gasteiger partial charge in [-0.2, -0.15) is 0 Å². The van der Waals surface area contributed by atoms with E-state index in [0.29, 0.717) is 6.04 Å². The largest absolute Gasteiger partial charge is 0.374 e. The predicted molar refractivity (Wildman–Crippen MR) is 71.3 cm³/mol.